The second kappa shape index (κ2) is 10.9. The molecule has 0 radical (unpaired) electrons. The SMILES string of the molecule is CCCOC(=O)c1c(-c2ccc([C@H](C)CC)cc2)csc1NC(=O)c1ccc([N+](=O)[O-])cc1. The number of carbonyl (C=O) groups excluding carboxylic acids is 2. The van der Waals surface area contributed by atoms with Crippen molar-refractivity contribution in [2.24, 2.45) is 0 Å². The molecule has 0 saturated heterocycles. The molecule has 2 aromatic carbocycles. The topological polar surface area (TPSA) is 98.5 Å². The van der Waals surface area contributed by atoms with Crippen LogP contribution in [0.4, 0.5) is 10.7 Å². The fraction of sp³-hybridized carbons (Fsp3) is 0.280. The first-order valence-corrected chi connectivity index (χ1v) is 11.7. The maximum Gasteiger partial charge on any atom is 0.341 e. The summed E-state index contributed by atoms with van der Waals surface area (Å²) in [6, 6.07) is 13.3. The summed E-state index contributed by atoms with van der Waals surface area (Å²) in [4.78, 5) is 36.0. The molecule has 1 aromatic heterocycles. The van der Waals surface area contributed by atoms with E-state index in [0.29, 0.717) is 28.5 Å². The lowest BCUT2D eigenvalue weighted by molar-refractivity contribution is -0.384. The fourth-order valence-corrected chi connectivity index (χ4v) is 4.22. The zero-order valence-electron chi connectivity index (χ0n) is 18.8. The van der Waals surface area contributed by atoms with Crippen LogP contribution in [0.15, 0.2) is 53.9 Å². The number of nitrogens with zero attached hydrogens (tertiary/aromatic N) is 1. The van der Waals surface area contributed by atoms with Crippen LogP contribution in [0, 0.1) is 10.1 Å². The second-order valence-corrected chi connectivity index (χ2v) is 8.56. The van der Waals surface area contributed by atoms with Gasteiger partial charge in [0, 0.05) is 28.6 Å². The number of nitrogens with one attached hydrogen (secondary N) is 1. The number of hydrogen-bond acceptors (Lipinski definition) is 6. The first kappa shape index (κ1) is 24.1. The molecule has 172 valence electrons. The average Bonchev–Trinajstić information content (AvgIpc) is 3.25. The highest BCUT2D eigenvalue weighted by atomic mass is 32.1. The number of nitro groups is 1. The van der Waals surface area contributed by atoms with Gasteiger partial charge in [-0.05, 0) is 42.0 Å². The number of amides is 1. The zero-order valence-corrected chi connectivity index (χ0v) is 19.6. The maximum atomic E-state index is 12.9. The highest BCUT2D eigenvalue weighted by Gasteiger charge is 2.23. The number of ether oxygens (including phenoxy) is 1. The van der Waals surface area contributed by atoms with Crippen molar-refractivity contribution in [1.82, 2.24) is 0 Å². The lowest BCUT2D eigenvalue weighted by Crippen LogP contribution is -2.15. The molecule has 0 aliphatic rings. The summed E-state index contributed by atoms with van der Waals surface area (Å²) in [5.74, 6) is -0.528. The van der Waals surface area contributed by atoms with Crippen LogP contribution in [-0.4, -0.2) is 23.4 Å². The highest BCUT2D eigenvalue weighted by molar-refractivity contribution is 7.15. The van der Waals surface area contributed by atoms with Crippen LogP contribution in [0.2, 0.25) is 0 Å². The van der Waals surface area contributed by atoms with Gasteiger partial charge in [-0.25, -0.2) is 4.79 Å². The average molecular weight is 467 g/mol. The molecule has 3 rings (SSSR count). The minimum absolute atomic E-state index is 0.102. The quantitative estimate of drug-likeness (QED) is 0.216. The Labute approximate surface area is 196 Å². The van der Waals surface area contributed by atoms with E-state index >= 15 is 0 Å². The van der Waals surface area contributed by atoms with Crippen molar-refractivity contribution in [1.29, 1.82) is 0 Å². The Hall–Kier alpha value is -3.52. The summed E-state index contributed by atoms with van der Waals surface area (Å²) in [7, 11) is 0. The molecule has 7 nitrogen and oxygen atoms in total. The van der Waals surface area contributed by atoms with Crippen molar-refractivity contribution >= 4 is 33.9 Å². The van der Waals surface area contributed by atoms with Gasteiger partial charge in [0.25, 0.3) is 11.6 Å². The van der Waals surface area contributed by atoms with Crippen LogP contribution >= 0.6 is 11.3 Å². The minimum Gasteiger partial charge on any atom is -0.462 e. The van der Waals surface area contributed by atoms with Gasteiger partial charge in [-0.15, -0.1) is 11.3 Å². The number of hydrogen-bond donors (Lipinski definition) is 1. The van der Waals surface area contributed by atoms with Gasteiger partial charge >= 0.3 is 5.97 Å². The largest absolute Gasteiger partial charge is 0.462 e. The Bertz CT molecular complexity index is 1140. The van der Waals surface area contributed by atoms with Crippen molar-refractivity contribution in [3.05, 3.63) is 80.7 Å². The Morgan fingerprint density at radius 2 is 1.76 bits per heavy atom. The Kier molecular flexibility index (Phi) is 7.95. The molecular formula is C25H26N2O5S. The zero-order chi connectivity index (χ0) is 24.0. The van der Waals surface area contributed by atoms with Crippen LogP contribution in [-0.2, 0) is 4.74 Å². The number of non-ortho nitro benzene ring substituents is 1. The molecule has 1 heterocycles. The number of rotatable bonds is 9. The molecule has 0 bridgehead atoms. The lowest BCUT2D eigenvalue weighted by atomic mass is 9.95. The van der Waals surface area contributed by atoms with Crippen molar-refractivity contribution in [2.75, 3.05) is 11.9 Å². The molecule has 1 atom stereocenters. The summed E-state index contributed by atoms with van der Waals surface area (Å²) in [6.07, 6.45) is 1.71. The van der Waals surface area contributed by atoms with Crippen LogP contribution < -0.4 is 5.32 Å². The summed E-state index contributed by atoms with van der Waals surface area (Å²) in [5.41, 5.74) is 3.22. The Morgan fingerprint density at radius 3 is 2.33 bits per heavy atom. The molecule has 1 N–H and O–H groups in total. The molecule has 33 heavy (non-hydrogen) atoms. The first-order valence-electron chi connectivity index (χ1n) is 10.8. The van der Waals surface area contributed by atoms with Gasteiger partial charge < -0.3 is 10.1 Å². The van der Waals surface area contributed by atoms with E-state index in [0.717, 1.165) is 12.0 Å². The molecular weight excluding hydrogens is 440 g/mol. The normalized spacial score (nSPS) is 11.6. The summed E-state index contributed by atoms with van der Waals surface area (Å²) >= 11 is 1.24. The number of nitro benzene ring substituents is 1. The summed E-state index contributed by atoms with van der Waals surface area (Å²) < 4.78 is 5.39. The molecule has 0 fully saturated rings. The molecule has 8 heteroatoms. The first-order chi connectivity index (χ1) is 15.8. The number of anilines is 1. The van der Waals surface area contributed by atoms with E-state index in [4.69, 9.17) is 4.74 Å². The van der Waals surface area contributed by atoms with Crippen LogP contribution in [0.1, 0.15) is 65.8 Å². The number of benzene rings is 2. The van der Waals surface area contributed by atoms with E-state index in [2.05, 4.69) is 31.3 Å². The Balaban J connectivity index is 1.93. The predicted molar refractivity (Wildman–Crippen MR) is 130 cm³/mol. The van der Waals surface area contributed by atoms with Gasteiger partial charge in [-0.1, -0.05) is 45.0 Å². The van der Waals surface area contributed by atoms with E-state index in [1.54, 1.807) is 0 Å². The number of thiophene rings is 1. The van der Waals surface area contributed by atoms with E-state index in [1.165, 1.54) is 41.2 Å². The number of esters is 1. The highest BCUT2D eigenvalue weighted by Crippen LogP contribution is 2.37. The Morgan fingerprint density at radius 1 is 1.09 bits per heavy atom. The standard InChI is InChI=1S/C25H26N2O5S/c1-4-14-32-25(29)22-21(18-8-6-17(7-9-18)16(3)5-2)15-33-24(22)26-23(28)19-10-12-20(13-11-19)27(30)31/h6-13,15-16H,4-5,14H2,1-3H3,(H,26,28)/t16-/m1/s1. The lowest BCUT2D eigenvalue weighted by Gasteiger charge is -2.11. The maximum absolute atomic E-state index is 12.9. The van der Waals surface area contributed by atoms with Crippen LogP contribution in [0.5, 0.6) is 0 Å². The van der Waals surface area contributed by atoms with Crippen molar-refractivity contribution in [3.63, 3.8) is 0 Å². The number of carbonyl (C=O) groups is 2. The van der Waals surface area contributed by atoms with Gasteiger partial charge in [0.05, 0.1) is 11.5 Å². The third-order valence-corrected chi connectivity index (χ3v) is 6.30. The minimum atomic E-state index is -0.526. The molecule has 0 spiro atoms. The van der Waals surface area contributed by atoms with E-state index < -0.39 is 16.8 Å². The second-order valence-electron chi connectivity index (χ2n) is 7.68. The monoisotopic (exact) mass is 466 g/mol. The molecule has 1 amide bonds. The molecule has 0 aliphatic heterocycles. The molecule has 0 aliphatic carbocycles. The molecule has 0 unspecified atom stereocenters. The van der Waals surface area contributed by atoms with Gasteiger partial charge in [-0.2, -0.15) is 0 Å². The van der Waals surface area contributed by atoms with Crippen LogP contribution in [0.25, 0.3) is 11.1 Å². The van der Waals surface area contributed by atoms with Gasteiger partial charge in [0.2, 0.25) is 0 Å². The van der Waals surface area contributed by atoms with Crippen molar-refractivity contribution < 1.29 is 19.2 Å². The van der Waals surface area contributed by atoms with E-state index in [-0.39, 0.29) is 17.9 Å². The van der Waals surface area contributed by atoms with Gasteiger partial charge in [-0.3, -0.25) is 14.9 Å². The summed E-state index contributed by atoms with van der Waals surface area (Å²) in [6.45, 7) is 6.49. The van der Waals surface area contributed by atoms with E-state index in [9.17, 15) is 19.7 Å². The fourth-order valence-electron chi connectivity index (χ4n) is 3.27. The molecule has 0 saturated carbocycles. The van der Waals surface area contributed by atoms with Crippen molar-refractivity contribution in [2.45, 2.75) is 39.5 Å². The van der Waals surface area contributed by atoms with Crippen molar-refractivity contribution in [3.8, 4) is 11.1 Å². The van der Waals surface area contributed by atoms with Crippen LogP contribution in [0.3, 0.4) is 0 Å². The summed E-state index contributed by atoms with van der Waals surface area (Å²) in [5, 5.41) is 15.8. The molecule has 3 aromatic rings. The predicted octanol–water partition coefficient (Wildman–Crippen LogP) is 6.66. The van der Waals surface area contributed by atoms with E-state index in [1.807, 2.05) is 24.4 Å². The third kappa shape index (κ3) is 5.64. The smallest absolute Gasteiger partial charge is 0.341 e. The van der Waals surface area contributed by atoms with Gasteiger partial charge in [0.15, 0.2) is 0 Å². The third-order valence-electron chi connectivity index (χ3n) is 5.40. The van der Waals surface area contributed by atoms with Gasteiger partial charge in [0.1, 0.15) is 10.6 Å².